The SMILES string of the molecule is C#CC(=O)N(CCC(=O)OC(C)(C)C)CCC(=O)OC(C)(C)C. The molecular weight excluding hydrogens is 298 g/mol. The van der Waals surface area contributed by atoms with Crippen LogP contribution >= 0.6 is 0 Å². The van der Waals surface area contributed by atoms with Crippen LogP contribution in [0.4, 0.5) is 0 Å². The third-order valence-corrected chi connectivity index (χ3v) is 2.42. The summed E-state index contributed by atoms with van der Waals surface area (Å²) in [6, 6.07) is 0. The van der Waals surface area contributed by atoms with Crippen molar-refractivity contribution in [3.8, 4) is 12.3 Å². The van der Waals surface area contributed by atoms with Crippen LogP contribution in [0.25, 0.3) is 0 Å². The average Bonchev–Trinajstić information content (AvgIpc) is 2.33. The number of carbonyl (C=O) groups is 3. The molecule has 23 heavy (non-hydrogen) atoms. The fourth-order valence-electron chi connectivity index (χ4n) is 1.64. The zero-order valence-electron chi connectivity index (χ0n) is 14.9. The topological polar surface area (TPSA) is 72.9 Å². The lowest BCUT2D eigenvalue weighted by atomic mass is 10.2. The molecule has 0 aliphatic carbocycles. The van der Waals surface area contributed by atoms with E-state index in [1.165, 1.54) is 4.90 Å². The molecule has 0 aromatic rings. The minimum absolute atomic E-state index is 0.0129. The van der Waals surface area contributed by atoms with Gasteiger partial charge in [-0.3, -0.25) is 14.4 Å². The summed E-state index contributed by atoms with van der Waals surface area (Å²) >= 11 is 0. The van der Waals surface area contributed by atoms with Crippen LogP contribution in [0.5, 0.6) is 0 Å². The van der Waals surface area contributed by atoms with Gasteiger partial charge in [0.2, 0.25) is 0 Å². The second kappa shape index (κ2) is 8.56. The summed E-state index contributed by atoms with van der Waals surface area (Å²) in [5, 5.41) is 0. The lowest BCUT2D eigenvalue weighted by Crippen LogP contribution is -2.36. The molecule has 0 heterocycles. The third kappa shape index (κ3) is 11.2. The molecule has 0 aromatic carbocycles. The van der Waals surface area contributed by atoms with Crippen molar-refractivity contribution in [2.45, 2.75) is 65.6 Å². The fourth-order valence-corrected chi connectivity index (χ4v) is 1.64. The Morgan fingerprint density at radius 1 is 0.870 bits per heavy atom. The fraction of sp³-hybridized carbons (Fsp3) is 0.706. The summed E-state index contributed by atoms with van der Waals surface area (Å²) in [4.78, 5) is 36.4. The quantitative estimate of drug-likeness (QED) is 0.551. The highest BCUT2D eigenvalue weighted by molar-refractivity contribution is 5.93. The van der Waals surface area contributed by atoms with E-state index >= 15 is 0 Å². The van der Waals surface area contributed by atoms with E-state index in [1.807, 2.05) is 5.92 Å². The number of hydrogen-bond acceptors (Lipinski definition) is 5. The van der Waals surface area contributed by atoms with E-state index in [2.05, 4.69) is 0 Å². The number of hydrogen-bond donors (Lipinski definition) is 0. The molecule has 0 aliphatic rings. The molecule has 0 rings (SSSR count). The van der Waals surface area contributed by atoms with E-state index < -0.39 is 29.0 Å². The Morgan fingerprint density at radius 2 is 1.22 bits per heavy atom. The maximum Gasteiger partial charge on any atom is 0.308 e. The average molecular weight is 325 g/mol. The first kappa shape index (κ1) is 21.0. The van der Waals surface area contributed by atoms with E-state index in [9.17, 15) is 14.4 Å². The first-order valence-corrected chi connectivity index (χ1v) is 7.53. The molecule has 0 saturated carbocycles. The van der Waals surface area contributed by atoms with Crippen molar-refractivity contribution in [2.24, 2.45) is 0 Å². The summed E-state index contributed by atoms with van der Waals surface area (Å²) in [7, 11) is 0. The number of ether oxygens (including phenoxy) is 2. The zero-order chi connectivity index (χ0) is 18.3. The number of terminal acetylenes is 1. The van der Waals surface area contributed by atoms with Gasteiger partial charge in [0.25, 0.3) is 5.91 Å². The van der Waals surface area contributed by atoms with Crippen molar-refractivity contribution in [1.29, 1.82) is 0 Å². The molecule has 0 aromatic heterocycles. The number of amides is 1. The van der Waals surface area contributed by atoms with Gasteiger partial charge >= 0.3 is 11.9 Å². The predicted octanol–water partition coefficient (Wildman–Crippen LogP) is 1.91. The Hall–Kier alpha value is -2.03. The van der Waals surface area contributed by atoms with Crippen LogP contribution in [0.1, 0.15) is 54.4 Å². The first-order chi connectivity index (χ1) is 10.3. The molecule has 0 radical (unpaired) electrons. The molecular formula is C17H27NO5. The second-order valence-electron chi connectivity index (χ2n) is 7.11. The lowest BCUT2D eigenvalue weighted by Gasteiger charge is -2.23. The molecule has 0 N–H and O–H groups in total. The molecule has 0 atom stereocenters. The van der Waals surface area contributed by atoms with Crippen molar-refractivity contribution in [1.82, 2.24) is 4.90 Å². The summed E-state index contributed by atoms with van der Waals surface area (Å²) in [5.74, 6) is 0.567. The number of carbonyl (C=O) groups excluding carboxylic acids is 3. The molecule has 0 bridgehead atoms. The predicted molar refractivity (Wildman–Crippen MR) is 86.3 cm³/mol. The smallest absolute Gasteiger partial charge is 0.308 e. The van der Waals surface area contributed by atoms with E-state index in [4.69, 9.17) is 15.9 Å². The minimum atomic E-state index is -0.589. The summed E-state index contributed by atoms with van der Waals surface area (Å²) < 4.78 is 10.3. The number of esters is 2. The van der Waals surface area contributed by atoms with Crippen LogP contribution in [0.2, 0.25) is 0 Å². The van der Waals surface area contributed by atoms with Gasteiger partial charge in [0.05, 0.1) is 12.8 Å². The molecule has 0 aliphatic heterocycles. The Labute approximate surface area is 138 Å². The van der Waals surface area contributed by atoms with Gasteiger partial charge in [-0.2, -0.15) is 0 Å². The van der Waals surface area contributed by atoms with Crippen LogP contribution in [0.3, 0.4) is 0 Å². The van der Waals surface area contributed by atoms with E-state index in [0.717, 1.165) is 0 Å². The zero-order valence-corrected chi connectivity index (χ0v) is 14.9. The number of nitrogens with zero attached hydrogens (tertiary/aromatic N) is 1. The highest BCUT2D eigenvalue weighted by Gasteiger charge is 2.21. The monoisotopic (exact) mass is 325 g/mol. The van der Waals surface area contributed by atoms with Crippen LogP contribution < -0.4 is 0 Å². The number of rotatable bonds is 6. The van der Waals surface area contributed by atoms with Gasteiger partial charge in [0, 0.05) is 13.1 Å². The van der Waals surface area contributed by atoms with Crippen LogP contribution in [0.15, 0.2) is 0 Å². The highest BCUT2D eigenvalue weighted by atomic mass is 16.6. The summed E-state index contributed by atoms with van der Waals surface area (Å²) in [5.41, 5.74) is -1.18. The van der Waals surface area contributed by atoms with Gasteiger partial charge in [-0.1, -0.05) is 0 Å². The van der Waals surface area contributed by atoms with Crippen molar-refractivity contribution >= 4 is 17.8 Å². The van der Waals surface area contributed by atoms with Gasteiger partial charge in [0.1, 0.15) is 11.2 Å². The van der Waals surface area contributed by atoms with Crippen molar-refractivity contribution in [3.05, 3.63) is 0 Å². The lowest BCUT2D eigenvalue weighted by molar-refractivity contribution is -0.155. The summed E-state index contributed by atoms with van der Waals surface area (Å²) in [6.45, 7) is 10.8. The van der Waals surface area contributed by atoms with Crippen LogP contribution in [0, 0.1) is 12.3 Å². The van der Waals surface area contributed by atoms with Gasteiger partial charge < -0.3 is 14.4 Å². The Morgan fingerprint density at radius 3 is 1.48 bits per heavy atom. The largest absolute Gasteiger partial charge is 0.460 e. The van der Waals surface area contributed by atoms with Gasteiger partial charge in [-0.05, 0) is 47.5 Å². The second-order valence-corrected chi connectivity index (χ2v) is 7.11. The Bertz CT molecular complexity index is 445. The molecule has 0 spiro atoms. The van der Waals surface area contributed by atoms with Gasteiger partial charge in [0.15, 0.2) is 0 Å². The molecule has 1 amide bonds. The van der Waals surface area contributed by atoms with Gasteiger partial charge in [-0.25, -0.2) is 0 Å². The van der Waals surface area contributed by atoms with E-state index in [-0.39, 0.29) is 25.9 Å². The van der Waals surface area contributed by atoms with Crippen LogP contribution in [-0.4, -0.2) is 47.0 Å². The van der Waals surface area contributed by atoms with E-state index in [1.54, 1.807) is 41.5 Å². The first-order valence-electron chi connectivity index (χ1n) is 7.53. The minimum Gasteiger partial charge on any atom is -0.460 e. The molecule has 130 valence electrons. The molecule has 6 heteroatoms. The maximum atomic E-state index is 11.7. The summed E-state index contributed by atoms with van der Waals surface area (Å²) in [6.07, 6.45) is 5.14. The standard InChI is InChI=1S/C17H27NO5/c1-8-13(19)18(11-9-14(20)22-16(2,3)4)12-10-15(21)23-17(5,6)7/h1H,9-12H2,2-7H3. The Balaban J connectivity index is 4.50. The molecule has 0 fully saturated rings. The normalized spacial score (nSPS) is 11.3. The molecule has 0 saturated heterocycles. The van der Waals surface area contributed by atoms with Crippen molar-refractivity contribution < 1.29 is 23.9 Å². The Kier molecular flexibility index (Phi) is 7.81. The van der Waals surface area contributed by atoms with E-state index in [0.29, 0.717) is 0 Å². The van der Waals surface area contributed by atoms with Gasteiger partial charge in [-0.15, -0.1) is 6.42 Å². The molecule has 0 unspecified atom stereocenters. The van der Waals surface area contributed by atoms with Crippen molar-refractivity contribution in [3.63, 3.8) is 0 Å². The highest BCUT2D eigenvalue weighted by Crippen LogP contribution is 2.10. The maximum absolute atomic E-state index is 11.7. The third-order valence-electron chi connectivity index (χ3n) is 2.42. The van der Waals surface area contributed by atoms with Crippen molar-refractivity contribution in [2.75, 3.05) is 13.1 Å². The molecule has 6 nitrogen and oxygen atoms in total. The van der Waals surface area contributed by atoms with Crippen LogP contribution in [-0.2, 0) is 23.9 Å².